The Kier molecular flexibility index (Phi) is 20.6. The summed E-state index contributed by atoms with van der Waals surface area (Å²) in [4.78, 5) is -0.664. The van der Waals surface area contributed by atoms with Crippen molar-refractivity contribution in [2.75, 3.05) is 14.2 Å². The van der Waals surface area contributed by atoms with Gasteiger partial charge in [0.15, 0.2) is 22.9 Å². The van der Waals surface area contributed by atoms with Crippen molar-refractivity contribution in [1.82, 2.24) is 0 Å². The van der Waals surface area contributed by atoms with E-state index in [1.165, 1.54) is 62.8 Å². The third kappa shape index (κ3) is 15.2. The fourth-order valence-corrected chi connectivity index (χ4v) is 7.81. The molecule has 0 heterocycles. The van der Waals surface area contributed by atoms with Crippen LogP contribution in [0.5, 0.6) is 40.2 Å². The topological polar surface area (TPSA) is 414 Å². The van der Waals surface area contributed by atoms with Gasteiger partial charge in [0.25, 0.3) is 31.6 Å². The van der Waals surface area contributed by atoms with Crippen LogP contribution in [0.15, 0.2) is 142 Å². The first-order valence-corrected chi connectivity index (χ1v) is 23.8. The molecule has 0 amide bonds. The molecule has 0 aromatic heterocycles. The van der Waals surface area contributed by atoms with E-state index in [4.69, 9.17) is 19.3 Å². The van der Waals surface area contributed by atoms with E-state index >= 15 is 0 Å². The van der Waals surface area contributed by atoms with Gasteiger partial charge in [-0.3, -0.25) is 24.1 Å². The first-order chi connectivity index (χ1) is 34.1. The number of phenolic OH excluding ortho intramolecular Hbond substituents is 4. The summed E-state index contributed by atoms with van der Waals surface area (Å²) in [5.41, 5.74) is -1.78. The zero-order valence-electron chi connectivity index (χ0n) is 36.8. The van der Waals surface area contributed by atoms with E-state index in [2.05, 4.69) is 44.2 Å². The third-order valence-corrected chi connectivity index (χ3v) is 11.9. The summed E-state index contributed by atoms with van der Waals surface area (Å²) in [6, 6.07) is 17.6. The second-order valence-electron chi connectivity index (χ2n) is 13.8. The fraction of sp³-hybridized carbons (Fsp3) is 0.0500. The van der Waals surface area contributed by atoms with Crippen molar-refractivity contribution < 1.29 is 138 Å². The Bertz CT molecular complexity index is 3500. The van der Waals surface area contributed by atoms with Gasteiger partial charge in [0.1, 0.15) is 66.1 Å². The Morgan fingerprint density at radius 3 is 1.54 bits per heavy atom. The number of hydrogen-bond acceptors (Lipinski definition) is 22. The smallest absolute Gasteiger partial charge is 0.357 e. The van der Waals surface area contributed by atoms with Crippen molar-refractivity contribution in [2.45, 2.75) is 14.7 Å². The van der Waals surface area contributed by atoms with Gasteiger partial charge < -0.3 is 34.1 Å². The Balaban J connectivity index is 0.00000593. The van der Waals surface area contributed by atoms with Gasteiger partial charge in [-0.1, -0.05) is 17.2 Å². The van der Waals surface area contributed by atoms with Gasteiger partial charge >= 0.3 is 11.4 Å². The van der Waals surface area contributed by atoms with E-state index in [1.54, 1.807) is 0 Å². The summed E-state index contributed by atoms with van der Waals surface area (Å²) < 4.78 is 108. The van der Waals surface area contributed by atoms with Gasteiger partial charge in [-0.25, -0.2) is 5.26 Å². The molecule has 1 atom stereocenters. The van der Waals surface area contributed by atoms with Gasteiger partial charge in [0, 0.05) is 88.7 Å². The van der Waals surface area contributed by atoms with Crippen molar-refractivity contribution in [1.29, 1.82) is 0 Å². The second-order valence-corrected chi connectivity index (χ2v) is 17.9. The van der Waals surface area contributed by atoms with Crippen LogP contribution in [0, 0.1) is 0 Å². The molecule has 34 heteroatoms. The average Bonchev–Trinajstić information content (AvgIpc) is 3.32. The molecule has 6 aromatic carbocycles. The first-order valence-electron chi connectivity index (χ1n) is 19.2. The average molecular weight is 1200 g/mol. The molecule has 0 bridgehead atoms. The molecule has 6 aromatic rings. The first kappa shape index (κ1) is 59.4. The summed E-state index contributed by atoms with van der Waals surface area (Å²) in [6.45, 7) is 0. The number of phenols is 4. The fourth-order valence-electron chi connectivity index (χ4n) is 5.83. The van der Waals surface area contributed by atoms with Crippen LogP contribution in [0.3, 0.4) is 0 Å². The molecule has 6 rings (SSSR count). The predicted octanol–water partition coefficient (Wildman–Crippen LogP) is 9.59. The summed E-state index contributed by atoms with van der Waals surface area (Å²) in [5.74, 6) is -2.38. The van der Waals surface area contributed by atoms with Gasteiger partial charge in [-0.05, 0) is 53.6 Å². The Morgan fingerprint density at radius 2 is 1.05 bits per heavy atom. The van der Waals surface area contributed by atoms with E-state index < -0.39 is 64.4 Å². The summed E-state index contributed by atoms with van der Waals surface area (Å²) in [6.07, 6.45) is 2.56. The van der Waals surface area contributed by atoms with E-state index in [0.717, 1.165) is 60.7 Å². The number of methoxy groups -OCH3 is 2. The number of ether oxygens (including phenoxy) is 2. The summed E-state index contributed by atoms with van der Waals surface area (Å²) >= 11 is -2.25. The zero-order chi connectivity index (χ0) is 52.5. The van der Waals surface area contributed by atoms with Crippen LogP contribution in [0.1, 0.15) is 11.1 Å². The summed E-state index contributed by atoms with van der Waals surface area (Å²) in [5, 5.41) is 99.3. The number of aromatic hydroxyl groups is 4. The van der Waals surface area contributed by atoms with Crippen LogP contribution >= 0.6 is 12.0 Å². The van der Waals surface area contributed by atoms with Gasteiger partial charge in [0.2, 0.25) is 0 Å². The summed E-state index contributed by atoms with van der Waals surface area (Å²) in [7, 11) is -7.25. The van der Waals surface area contributed by atoms with E-state index in [0.29, 0.717) is 16.9 Å². The number of nitrogens with zero attached hydrogens (tertiary/aromatic N) is 8. The van der Waals surface area contributed by atoms with Crippen molar-refractivity contribution in [2.24, 2.45) is 30.7 Å². The van der Waals surface area contributed by atoms with Gasteiger partial charge in [0.05, 0.1) is 46.3 Å². The zero-order valence-corrected chi connectivity index (χ0v) is 41.9. The minimum Gasteiger partial charge on any atom is -0.506 e. The monoisotopic (exact) mass is 1200 g/mol. The molecule has 0 saturated heterocycles. The maximum Gasteiger partial charge on any atom is 0.357 e. The normalized spacial score (nSPS) is 12.7. The van der Waals surface area contributed by atoms with Gasteiger partial charge in [-0.15, -0.1) is 24.8 Å². The number of rotatable bonds is 19. The van der Waals surface area contributed by atoms with Crippen LogP contribution in [0.25, 0.3) is 12.2 Å². The molecule has 0 aliphatic heterocycles. The number of hydrogen-bond donors (Lipinski definition) is 10. The van der Waals surface area contributed by atoms with Crippen LogP contribution in [0.4, 0.5) is 45.5 Å². The Hall–Kier alpha value is -7.14. The molecule has 10 N–H and O–H groups in total. The van der Waals surface area contributed by atoms with Crippen molar-refractivity contribution in [3.05, 3.63) is 108 Å². The van der Waals surface area contributed by atoms with Crippen LogP contribution in [-0.4, -0.2) is 94.7 Å². The third-order valence-electron chi connectivity index (χ3n) is 9.18. The molecule has 74 heavy (non-hydrogen) atoms. The van der Waals surface area contributed by atoms with E-state index in [-0.39, 0.29) is 118 Å². The second kappa shape index (κ2) is 25.7. The van der Waals surface area contributed by atoms with Crippen LogP contribution < -0.4 is 13.7 Å². The molecule has 1 unspecified atom stereocenters. The molecule has 398 valence electrons. The molecular weight excluding hydrogens is 1170 g/mol. The molecule has 0 saturated carbocycles. The molecule has 0 aliphatic carbocycles. The maximum absolute atomic E-state index is 12.6. The molecule has 2 radical (unpaired) electrons. The number of benzene rings is 6. The van der Waals surface area contributed by atoms with E-state index in [1.807, 2.05) is 0 Å². The minimum atomic E-state index is -5.03. The predicted molar refractivity (Wildman–Crippen MR) is 245 cm³/mol. The molecular formula is C40H34Cu2N8O20S4+2. The largest absolute Gasteiger partial charge is 0.506 e. The standard InChI is InChI=1S/C40H32N8O20S4.2Cu/c1-64-37-20-30(44-42-28-16-26(71(58,59)60)10-12-34(28)50)36(52)17-31(37)45-47(53)23-7-5-21(39(13-23)69-68-67-55)3-4-22-6-8-24(14-40(22)72(61,62)63)48(54)46-32-18-35(51)29(19-38(32)65-2)43-41-27-15-25(66-70(56)57)9-11-33(27)49;;/h3-20,53-54H,1-2H3,(H6,45,46,51,52,55,56,57,58,59,60,61,62,63);;/p+2/b4-3+;;. The van der Waals surface area contributed by atoms with Crippen molar-refractivity contribution >= 4 is 101 Å². The Labute approximate surface area is 444 Å². The van der Waals surface area contributed by atoms with Crippen LogP contribution in [-0.2, 0) is 75.1 Å². The van der Waals surface area contributed by atoms with Gasteiger partial charge in [-0.2, -0.15) is 21.0 Å². The van der Waals surface area contributed by atoms with Crippen LogP contribution in [0.2, 0.25) is 0 Å². The van der Waals surface area contributed by atoms with Crippen molar-refractivity contribution in [3.8, 4) is 40.2 Å². The Morgan fingerprint density at radius 1 is 0.581 bits per heavy atom. The molecule has 0 aliphatic rings. The SMILES string of the molecule is COc1cc(N=Nc2cc(OS(=O)O)ccc2O)c(O)cc1N=[N+](O)c1ccc(/C=C/c2ccc([N+](O)=Nc3cc(O)c(N=Nc4cc(S(=O)(=O)O)ccc4O)cc3OC)cc2SOOO)c(S(=O)(=O)O)c1.[Cu].[Cu]. The molecule has 0 spiro atoms. The van der Waals surface area contributed by atoms with Crippen molar-refractivity contribution in [3.63, 3.8) is 0 Å². The van der Waals surface area contributed by atoms with E-state index in [9.17, 15) is 61.0 Å². The maximum atomic E-state index is 12.6. The molecule has 0 fully saturated rings. The number of azo groups is 4. The molecule has 28 nitrogen and oxygen atoms in total. The minimum absolute atomic E-state index is 0. The quantitative estimate of drug-likeness (QED) is 0.00415.